The van der Waals surface area contributed by atoms with Crippen molar-refractivity contribution in [3.8, 4) is 5.75 Å². The van der Waals surface area contributed by atoms with Crippen LogP contribution in [-0.2, 0) is 6.42 Å². The molecule has 1 aliphatic rings. The first-order chi connectivity index (χ1) is 8.74. The number of rotatable bonds is 5. The van der Waals surface area contributed by atoms with Gasteiger partial charge in [0.15, 0.2) is 0 Å². The Bertz CT molecular complexity index is 393. The highest BCUT2D eigenvalue weighted by molar-refractivity contribution is 9.10. The third-order valence-corrected chi connectivity index (χ3v) is 5.27. The Balaban J connectivity index is 2.12. The SMILES string of the molecule is CNC(Cc1cc(Br)ccc1OC)C1CCSC1. The van der Waals surface area contributed by atoms with E-state index in [-0.39, 0.29) is 0 Å². The van der Waals surface area contributed by atoms with Crippen LogP contribution in [0.1, 0.15) is 12.0 Å². The van der Waals surface area contributed by atoms with Crippen LogP contribution in [0.25, 0.3) is 0 Å². The molecular weight excluding hydrogens is 310 g/mol. The minimum atomic E-state index is 0.545. The molecule has 1 aromatic carbocycles. The van der Waals surface area contributed by atoms with Gasteiger partial charge in [0.1, 0.15) is 5.75 Å². The van der Waals surface area contributed by atoms with E-state index in [4.69, 9.17) is 4.74 Å². The average molecular weight is 330 g/mol. The Morgan fingerprint density at radius 1 is 1.56 bits per heavy atom. The number of hydrogen-bond acceptors (Lipinski definition) is 3. The summed E-state index contributed by atoms with van der Waals surface area (Å²) in [4.78, 5) is 0. The highest BCUT2D eigenvalue weighted by atomic mass is 79.9. The van der Waals surface area contributed by atoms with Crippen LogP contribution in [0.4, 0.5) is 0 Å². The van der Waals surface area contributed by atoms with Crippen molar-refractivity contribution in [1.82, 2.24) is 5.32 Å². The summed E-state index contributed by atoms with van der Waals surface area (Å²) in [6, 6.07) is 6.78. The van der Waals surface area contributed by atoms with Crippen LogP contribution in [0.5, 0.6) is 5.75 Å². The normalized spacial score (nSPS) is 20.9. The first kappa shape index (κ1) is 14.2. The lowest BCUT2D eigenvalue weighted by Crippen LogP contribution is -2.35. The fourth-order valence-corrected chi connectivity index (χ4v) is 4.26. The number of methoxy groups -OCH3 is 1. The monoisotopic (exact) mass is 329 g/mol. The highest BCUT2D eigenvalue weighted by Crippen LogP contribution is 2.30. The number of thioether (sulfide) groups is 1. The minimum absolute atomic E-state index is 0.545. The van der Waals surface area contributed by atoms with Gasteiger partial charge in [0.25, 0.3) is 0 Å². The van der Waals surface area contributed by atoms with Gasteiger partial charge in [-0.25, -0.2) is 0 Å². The Hall–Kier alpha value is -0.190. The molecule has 18 heavy (non-hydrogen) atoms. The van der Waals surface area contributed by atoms with Gasteiger partial charge >= 0.3 is 0 Å². The molecule has 0 amide bonds. The Labute approximate surface area is 122 Å². The number of halogens is 1. The van der Waals surface area contributed by atoms with Crippen LogP contribution in [-0.4, -0.2) is 31.7 Å². The molecule has 1 aliphatic heterocycles. The molecule has 0 aromatic heterocycles. The average Bonchev–Trinajstić information content (AvgIpc) is 2.90. The summed E-state index contributed by atoms with van der Waals surface area (Å²) >= 11 is 5.61. The molecule has 1 N–H and O–H groups in total. The fourth-order valence-electron chi connectivity index (χ4n) is 2.52. The lowest BCUT2D eigenvalue weighted by molar-refractivity contribution is 0.382. The molecule has 100 valence electrons. The molecule has 2 nitrogen and oxygen atoms in total. The molecule has 4 heteroatoms. The van der Waals surface area contributed by atoms with E-state index in [0.29, 0.717) is 6.04 Å². The maximum Gasteiger partial charge on any atom is 0.122 e. The van der Waals surface area contributed by atoms with Crippen molar-refractivity contribution in [2.75, 3.05) is 25.7 Å². The van der Waals surface area contributed by atoms with E-state index < -0.39 is 0 Å². The number of nitrogens with one attached hydrogen (secondary N) is 1. The third-order valence-electron chi connectivity index (χ3n) is 3.59. The Morgan fingerprint density at radius 2 is 2.39 bits per heavy atom. The zero-order valence-electron chi connectivity index (χ0n) is 10.9. The maximum atomic E-state index is 5.45. The highest BCUT2D eigenvalue weighted by Gasteiger charge is 2.25. The van der Waals surface area contributed by atoms with Gasteiger partial charge in [-0.1, -0.05) is 15.9 Å². The van der Waals surface area contributed by atoms with E-state index >= 15 is 0 Å². The second kappa shape index (κ2) is 6.83. The van der Waals surface area contributed by atoms with E-state index in [2.05, 4.69) is 46.1 Å². The van der Waals surface area contributed by atoms with Crippen molar-refractivity contribution in [3.05, 3.63) is 28.2 Å². The van der Waals surface area contributed by atoms with Crippen molar-refractivity contribution in [1.29, 1.82) is 0 Å². The third kappa shape index (κ3) is 3.43. The predicted molar refractivity (Wildman–Crippen MR) is 82.7 cm³/mol. The second-order valence-corrected chi connectivity index (χ2v) is 6.74. The topological polar surface area (TPSA) is 21.3 Å². The van der Waals surface area contributed by atoms with E-state index in [0.717, 1.165) is 22.6 Å². The molecule has 2 atom stereocenters. The predicted octanol–water partition coefficient (Wildman–Crippen LogP) is 3.34. The molecule has 2 rings (SSSR count). The first-order valence-corrected chi connectivity index (χ1v) is 8.26. The van der Waals surface area contributed by atoms with Gasteiger partial charge in [-0.15, -0.1) is 0 Å². The van der Waals surface area contributed by atoms with Crippen LogP contribution >= 0.6 is 27.7 Å². The summed E-state index contributed by atoms with van der Waals surface area (Å²) < 4.78 is 6.57. The summed E-state index contributed by atoms with van der Waals surface area (Å²) in [5.41, 5.74) is 1.28. The Kier molecular flexibility index (Phi) is 5.39. The first-order valence-electron chi connectivity index (χ1n) is 6.32. The molecule has 1 fully saturated rings. The van der Waals surface area contributed by atoms with Gasteiger partial charge in [-0.3, -0.25) is 0 Å². The Morgan fingerprint density at radius 3 is 3.00 bits per heavy atom. The molecular formula is C14H20BrNOS. The number of likely N-dealkylation sites (N-methyl/N-ethyl adjacent to an activating group) is 1. The molecule has 0 radical (unpaired) electrons. The standard InChI is InChI=1S/C14H20BrNOS/c1-16-13(10-5-6-18-9-10)8-11-7-12(15)3-4-14(11)17-2/h3-4,7,10,13,16H,5-6,8-9H2,1-2H3. The second-order valence-electron chi connectivity index (χ2n) is 4.68. The van der Waals surface area contributed by atoms with Gasteiger partial charge in [-0.05, 0) is 61.1 Å². The van der Waals surface area contributed by atoms with Gasteiger partial charge in [0, 0.05) is 10.5 Å². The van der Waals surface area contributed by atoms with Crippen LogP contribution in [0.2, 0.25) is 0 Å². The van der Waals surface area contributed by atoms with E-state index in [1.54, 1.807) is 7.11 Å². The molecule has 1 heterocycles. The van der Waals surface area contributed by atoms with Gasteiger partial charge in [0.05, 0.1) is 7.11 Å². The molecule has 0 spiro atoms. The summed E-state index contributed by atoms with van der Waals surface area (Å²) in [7, 11) is 3.81. The van der Waals surface area contributed by atoms with Crippen LogP contribution in [0.15, 0.2) is 22.7 Å². The lowest BCUT2D eigenvalue weighted by atomic mass is 9.93. The molecule has 0 bridgehead atoms. The molecule has 0 aliphatic carbocycles. The number of ether oxygens (including phenoxy) is 1. The number of benzene rings is 1. The van der Waals surface area contributed by atoms with E-state index in [9.17, 15) is 0 Å². The summed E-state index contributed by atoms with van der Waals surface area (Å²) in [6.07, 6.45) is 2.36. The summed E-state index contributed by atoms with van der Waals surface area (Å²) in [6.45, 7) is 0. The fraction of sp³-hybridized carbons (Fsp3) is 0.571. The molecule has 1 saturated heterocycles. The van der Waals surface area contributed by atoms with Gasteiger partial charge < -0.3 is 10.1 Å². The molecule has 1 aromatic rings. The molecule has 2 unspecified atom stereocenters. The largest absolute Gasteiger partial charge is 0.496 e. The van der Waals surface area contributed by atoms with Gasteiger partial charge in [-0.2, -0.15) is 11.8 Å². The van der Waals surface area contributed by atoms with Crippen molar-refractivity contribution < 1.29 is 4.74 Å². The van der Waals surface area contributed by atoms with Gasteiger partial charge in [0.2, 0.25) is 0 Å². The quantitative estimate of drug-likeness (QED) is 0.895. The van der Waals surface area contributed by atoms with Crippen LogP contribution < -0.4 is 10.1 Å². The van der Waals surface area contributed by atoms with Crippen molar-refractivity contribution in [2.24, 2.45) is 5.92 Å². The van der Waals surface area contributed by atoms with Crippen LogP contribution in [0, 0.1) is 5.92 Å². The van der Waals surface area contributed by atoms with Crippen molar-refractivity contribution in [3.63, 3.8) is 0 Å². The zero-order valence-corrected chi connectivity index (χ0v) is 13.3. The summed E-state index contributed by atoms with van der Waals surface area (Å²) in [5, 5.41) is 3.48. The van der Waals surface area contributed by atoms with Crippen molar-refractivity contribution >= 4 is 27.7 Å². The number of hydrogen-bond donors (Lipinski definition) is 1. The smallest absolute Gasteiger partial charge is 0.122 e. The lowest BCUT2D eigenvalue weighted by Gasteiger charge is -2.23. The van der Waals surface area contributed by atoms with Crippen LogP contribution in [0.3, 0.4) is 0 Å². The molecule has 0 saturated carbocycles. The maximum absolute atomic E-state index is 5.45. The van der Waals surface area contributed by atoms with Crippen molar-refractivity contribution in [2.45, 2.75) is 18.9 Å². The summed E-state index contributed by atoms with van der Waals surface area (Å²) in [5.74, 6) is 4.35. The zero-order chi connectivity index (χ0) is 13.0. The van der Waals surface area contributed by atoms with E-state index in [1.165, 1.54) is 23.5 Å². The minimum Gasteiger partial charge on any atom is -0.496 e. The van der Waals surface area contributed by atoms with E-state index in [1.807, 2.05) is 12.1 Å².